The monoisotopic (exact) mass is 310 g/mol. The van der Waals surface area contributed by atoms with Crippen molar-refractivity contribution in [1.82, 2.24) is 15.1 Å². The lowest BCUT2D eigenvalue weighted by Crippen LogP contribution is -2.28. The van der Waals surface area contributed by atoms with Gasteiger partial charge in [0.1, 0.15) is 5.69 Å². The van der Waals surface area contributed by atoms with Crippen LogP contribution in [0.2, 0.25) is 0 Å². The molecule has 2 heterocycles. The van der Waals surface area contributed by atoms with Crippen LogP contribution in [-0.4, -0.2) is 32.4 Å². The second kappa shape index (κ2) is 5.96. The Morgan fingerprint density at radius 2 is 1.91 bits per heavy atom. The largest absolute Gasteiger partial charge is 0.393 e. The number of aromatic nitrogens is 3. The third-order valence-electron chi connectivity index (χ3n) is 4.31. The second-order valence-electron chi connectivity index (χ2n) is 5.94. The Kier molecular flexibility index (Phi) is 3.67. The second-order valence-corrected chi connectivity index (χ2v) is 5.94. The first-order valence-corrected chi connectivity index (χ1v) is 7.92. The Hall–Kier alpha value is -2.47. The van der Waals surface area contributed by atoms with E-state index in [0.29, 0.717) is 12.0 Å². The van der Waals surface area contributed by atoms with Crippen LogP contribution in [0.15, 0.2) is 41.1 Å². The summed E-state index contributed by atoms with van der Waals surface area (Å²) >= 11 is 0. The van der Waals surface area contributed by atoms with Crippen LogP contribution in [0.25, 0.3) is 22.4 Å². The van der Waals surface area contributed by atoms with Gasteiger partial charge >= 0.3 is 0 Å². The van der Waals surface area contributed by atoms with Crippen LogP contribution in [-0.2, 0) is 0 Å². The smallest absolute Gasteiger partial charge is 0.223 e. The van der Waals surface area contributed by atoms with Gasteiger partial charge in [0.05, 0.1) is 17.2 Å². The van der Waals surface area contributed by atoms with Crippen molar-refractivity contribution < 1.29 is 9.63 Å². The van der Waals surface area contributed by atoms with Crippen molar-refractivity contribution in [2.45, 2.75) is 37.8 Å². The number of fused-ring (bicyclic) bond motifs is 1. The van der Waals surface area contributed by atoms with E-state index in [9.17, 15) is 5.11 Å². The van der Waals surface area contributed by atoms with Gasteiger partial charge in [0.15, 0.2) is 5.58 Å². The fourth-order valence-corrected chi connectivity index (χ4v) is 3.03. The Labute approximate surface area is 133 Å². The molecule has 6 heteroatoms. The first kappa shape index (κ1) is 14.1. The van der Waals surface area contributed by atoms with Gasteiger partial charge in [-0.15, -0.1) is 0 Å². The Balaban J connectivity index is 1.59. The highest BCUT2D eigenvalue weighted by molar-refractivity contribution is 5.90. The average molecular weight is 310 g/mol. The lowest BCUT2D eigenvalue weighted by atomic mass is 9.93. The molecule has 0 saturated heterocycles. The molecule has 0 unspecified atom stereocenters. The summed E-state index contributed by atoms with van der Waals surface area (Å²) in [5, 5.41) is 18.0. The van der Waals surface area contributed by atoms with Gasteiger partial charge < -0.3 is 14.9 Å². The zero-order chi connectivity index (χ0) is 15.6. The zero-order valence-corrected chi connectivity index (χ0v) is 12.6. The first-order valence-electron chi connectivity index (χ1n) is 7.92. The van der Waals surface area contributed by atoms with Crippen LogP contribution in [0.3, 0.4) is 0 Å². The zero-order valence-electron chi connectivity index (χ0n) is 12.6. The van der Waals surface area contributed by atoms with Gasteiger partial charge in [-0.2, -0.15) is 0 Å². The summed E-state index contributed by atoms with van der Waals surface area (Å²) in [6.07, 6.45) is 5.08. The molecule has 3 aromatic rings. The van der Waals surface area contributed by atoms with Crippen LogP contribution < -0.4 is 5.32 Å². The van der Waals surface area contributed by atoms with Crippen molar-refractivity contribution in [3.63, 3.8) is 0 Å². The molecule has 1 saturated carbocycles. The predicted octanol–water partition coefficient (Wildman–Crippen LogP) is 3.00. The van der Waals surface area contributed by atoms with Gasteiger partial charge in [-0.1, -0.05) is 17.3 Å². The summed E-state index contributed by atoms with van der Waals surface area (Å²) in [4.78, 5) is 8.87. The molecule has 2 aromatic heterocycles. The molecule has 1 fully saturated rings. The van der Waals surface area contributed by atoms with Crippen molar-refractivity contribution in [3.05, 3.63) is 36.5 Å². The number of nitrogens with zero attached hydrogens (tertiary/aromatic N) is 3. The topological polar surface area (TPSA) is 84.1 Å². The molecule has 6 nitrogen and oxygen atoms in total. The number of nitrogens with one attached hydrogen (secondary N) is 1. The lowest BCUT2D eigenvalue weighted by molar-refractivity contribution is 0.126. The summed E-state index contributed by atoms with van der Waals surface area (Å²) in [7, 11) is 0. The maximum absolute atomic E-state index is 9.59. The van der Waals surface area contributed by atoms with Gasteiger partial charge in [0, 0.05) is 12.2 Å². The molecule has 1 aliphatic rings. The predicted molar refractivity (Wildman–Crippen MR) is 86.9 cm³/mol. The first-order chi connectivity index (χ1) is 11.3. The summed E-state index contributed by atoms with van der Waals surface area (Å²) in [6.45, 7) is 0. The maximum atomic E-state index is 9.59. The summed E-state index contributed by atoms with van der Waals surface area (Å²) in [5.74, 6) is 0.593. The molecule has 2 N–H and O–H groups in total. The molecular weight excluding hydrogens is 292 g/mol. The number of aliphatic hydroxyl groups is 1. The van der Waals surface area contributed by atoms with Crippen LogP contribution in [0.4, 0.5) is 5.95 Å². The molecule has 118 valence electrons. The summed E-state index contributed by atoms with van der Waals surface area (Å²) in [6, 6.07) is 9.87. The Bertz CT molecular complexity index is 809. The summed E-state index contributed by atoms with van der Waals surface area (Å²) < 4.78 is 5.35. The number of anilines is 1. The van der Waals surface area contributed by atoms with Crippen molar-refractivity contribution >= 4 is 16.9 Å². The normalized spacial score (nSPS) is 21.4. The minimum atomic E-state index is -0.165. The third kappa shape index (κ3) is 2.90. The number of benzene rings is 1. The highest BCUT2D eigenvalue weighted by Crippen LogP contribution is 2.27. The number of rotatable bonds is 3. The molecule has 1 aliphatic carbocycles. The molecule has 0 atom stereocenters. The van der Waals surface area contributed by atoms with E-state index in [4.69, 9.17) is 4.52 Å². The van der Waals surface area contributed by atoms with Gasteiger partial charge in [0.25, 0.3) is 0 Å². The Morgan fingerprint density at radius 3 is 2.78 bits per heavy atom. The molecule has 23 heavy (non-hydrogen) atoms. The van der Waals surface area contributed by atoms with Crippen molar-refractivity contribution in [2.75, 3.05) is 5.32 Å². The van der Waals surface area contributed by atoms with Crippen molar-refractivity contribution in [1.29, 1.82) is 0 Å². The fourth-order valence-electron chi connectivity index (χ4n) is 3.03. The molecule has 0 amide bonds. The fraction of sp³-hybridized carbons (Fsp3) is 0.353. The van der Waals surface area contributed by atoms with Crippen LogP contribution in [0.1, 0.15) is 25.7 Å². The van der Waals surface area contributed by atoms with E-state index in [-0.39, 0.29) is 6.10 Å². The van der Waals surface area contributed by atoms with Crippen molar-refractivity contribution in [3.8, 4) is 11.4 Å². The molecular formula is C17H18N4O2. The van der Waals surface area contributed by atoms with E-state index >= 15 is 0 Å². The van der Waals surface area contributed by atoms with Crippen molar-refractivity contribution in [2.24, 2.45) is 0 Å². The van der Waals surface area contributed by atoms with Crippen LogP contribution in [0.5, 0.6) is 0 Å². The van der Waals surface area contributed by atoms with E-state index in [1.807, 2.05) is 30.3 Å². The molecule has 0 bridgehead atoms. The third-order valence-corrected chi connectivity index (χ3v) is 4.31. The van der Waals surface area contributed by atoms with Gasteiger partial charge in [0.2, 0.25) is 5.95 Å². The van der Waals surface area contributed by atoms with Gasteiger partial charge in [-0.05, 0) is 43.9 Å². The quantitative estimate of drug-likeness (QED) is 0.773. The standard InChI is InChI=1S/C17H18N4O2/c22-12-7-5-11(6-8-12)19-17-18-10-9-14(20-17)16-13-3-1-2-4-15(13)23-21-16/h1-4,9-12,22H,5-8H2,(H,18,19,20)/t11-,12-. The van der Waals surface area contributed by atoms with Crippen LogP contribution in [0, 0.1) is 0 Å². The van der Waals surface area contributed by atoms with Gasteiger partial charge in [-0.25, -0.2) is 9.97 Å². The molecule has 4 rings (SSSR count). The number of hydrogen-bond acceptors (Lipinski definition) is 6. The van der Waals surface area contributed by atoms with Gasteiger partial charge in [-0.3, -0.25) is 0 Å². The van der Waals surface area contributed by atoms with Crippen LogP contribution >= 0.6 is 0 Å². The number of aliphatic hydroxyl groups excluding tert-OH is 1. The lowest BCUT2D eigenvalue weighted by Gasteiger charge is -2.26. The highest BCUT2D eigenvalue weighted by atomic mass is 16.5. The summed E-state index contributed by atoms with van der Waals surface area (Å²) in [5.41, 5.74) is 2.21. The highest BCUT2D eigenvalue weighted by Gasteiger charge is 2.20. The molecule has 0 spiro atoms. The minimum absolute atomic E-state index is 0.165. The molecule has 0 aliphatic heterocycles. The molecule has 0 radical (unpaired) electrons. The number of para-hydroxylation sites is 1. The minimum Gasteiger partial charge on any atom is -0.393 e. The molecule has 1 aromatic carbocycles. The van der Waals surface area contributed by atoms with E-state index in [1.165, 1.54) is 0 Å². The maximum Gasteiger partial charge on any atom is 0.223 e. The SMILES string of the molecule is O[C@H]1CC[C@H](Nc2nccc(-c3noc4ccccc34)n2)CC1. The van der Waals surface area contributed by atoms with E-state index in [2.05, 4.69) is 20.4 Å². The Morgan fingerprint density at radius 1 is 1.09 bits per heavy atom. The van der Waals surface area contributed by atoms with E-state index in [0.717, 1.165) is 48.0 Å². The average Bonchev–Trinajstić information content (AvgIpc) is 3.01. The van der Waals surface area contributed by atoms with E-state index in [1.54, 1.807) is 6.20 Å². The van der Waals surface area contributed by atoms with E-state index < -0.39 is 0 Å². The number of hydrogen-bond donors (Lipinski definition) is 2.